The first-order valence-corrected chi connectivity index (χ1v) is 10.7. The van der Waals surface area contributed by atoms with E-state index in [0.29, 0.717) is 13.1 Å². The van der Waals surface area contributed by atoms with Gasteiger partial charge in [-0.15, -0.1) is 0 Å². The minimum absolute atomic E-state index is 0.0210. The first-order chi connectivity index (χ1) is 15.3. The molecule has 2 aromatic heterocycles. The summed E-state index contributed by atoms with van der Waals surface area (Å²) in [7, 11) is 0. The SMILES string of the molecule is C[C@H]1CN(C(=O)Cn2ccn3c(=O)c(OCc4ccccc4)c(C(=O)S)nc23)C[C@H](C)O1. The number of rotatable bonds is 6. The highest BCUT2D eigenvalue weighted by Gasteiger charge is 2.27. The van der Waals surface area contributed by atoms with Crippen LogP contribution in [-0.4, -0.2) is 55.2 Å². The number of carbonyl (C=O) groups excluding carboxylic acids is 2. The van der Waals surface area contributed by atoms with Crippen molar-refractivity contribution in [3.8, 4) is 5.75 Å². The summed E-state index contributed by atoms with van der Waals surface area (Å²) in [6, 6.07) is 9.27. The van der Waals surface area contributed by atoms with Crippen LogP contribution in [0.3, 0.4) is 0 Å². The van der Waals surface area contributed by atoms with E-state index in [1.165, 1.54) is 15.2 Å². The average molecular weight is 457 g/mol. The third-order valence-corrected chi connectivity index (χ3v) is 5.43. The molecule has 10 heteroatoms. The van der Waals surface area contributed by atoms with Gasteiger partial charge in [0.25, 0.3) is 0 Å². The number of imidazole rings is 1. The Kier molecular flexibility index (Phi) is 6.33. The average Bonchev–Trinajstić information content (AvgIpc) is 3.15. The van der Waals surface area contributed by atoms with Crippen LogP contribution >= 0.6 is 12.6 Å². The molecule has 0 spiro atoms. The van der Waals surface area contributed by atoms with E-state index in [1.54, 1.807) is 11.1 Å². The molecule has 2 atom stereocenters. The van der Waals surface area contributed by atoms with Gasteiger partial charge in [0, 0.05) is 25.5 Å². The molecule has 1 saturated heterocycles. The quantitative estimate of drug-likeness (QED) is 0.568. The van der Waals surface area contributed by atoms with E-state index >= 15 is 0 Å². The lowest BCUT2D eigenvalue weighted by Crippen LogP contribution is -2.49. The Hall–Kier alpha value is -3.11. The van der Waals surface area contributed by atoms with Gasteiger partial charge >= 0.3 is 5.56 Å². The summed E-state index contributed by atoms with van der Waals surface area (Å²) in [5.74, 6) is -0.129. The van der Waals surface area contributed by atoms with Gasteiger partial charge < -0.3 is 18.9 Å². The predicted octanol–water partition coefficient (Wildman–Crippen LogP) is 1.78. The van der Waals surface area contributed by atoms with Crippen molar-refractivity contribution < 1.29 is 19.1 Å². The fourth-order valence-corrected chi connectivity index (χ4v) is 3.96. The van der Waals surface area contributed by atoms with Gasteiger partial charge in [-0.3, -0.25) is 14.4 Å². The molecule has 3 heterocycles. The van der Waals surface area contributed by atoms with E-state index in [4.69, 9.17) is 9.47 Å². The minimum Gasteiger partial charge on any atom is -0.481 e. The minimum atomic E-state index is -0.692. The Bertz CT molecular complexity index is 1200. The first-order valence-electron chi connectivity index (χ1n) is 10.3. The van der Waals surface area contributed by atoms with Gasteiger partial charge in [0.1, 0.15) is 13.2 Å². The number of hydrogen-bond acceptors (Lipinski definition) is 6. The van der Waals surface area contributed by atoms with Gasteiger partial charge in [0.05, 0.1) is 12.2 Å². The lowest BCUT2D eigenvalue weighted by molar-refractivity contribution is -0.143. The molecule has 0 bridgehead atoms. The van der Waals surface area contributed by atoms with Crippen molar-refractivity contribution in [2.45, 2.75) is 39.2 Å². The number of benzene rings is 1. The number of amides is 1. The zero-order valence-electron chi connectivity index (χ0n) is 17.8. The van der Waals surface area contributed by atoms with Crippen LogP contribution < -0.4 is 10.3 Å². The van der Waals surface area contributed by atoms with Crippen molar-refractivity contribution in [1.29, 1.82) is 0 Å². The van der Waals surface area contributed by atoms with Gasteiger partial charge in [-0.1, -0.05) is 43.0 Å². The Morgan fingerprint density at radius 3 is 2.50 bits per heavy atom. The van der Waals surface area contributed by atoms with Gasteiger partial charge in [0.15, 0.2) is 5.69 Å². The van der Waals surface area contributed by atoms with Crippen LogP contribution in [0, 0.1) is 0 Å². The van der Waals surface area contributed by atoms with Gasteiger partial charge in [-0.25, -0.2) is 9.38 Å². The Labute approximate surface area is 190 Å². The van der Waals surface area contributed by atoms with Gasteiger partial charge in [-0.2, -0.15) is 0 Å². The molecular weight excluding hydrogens is 432 g/mol. The molecule has 9 nitrogen and oxygen atoms in total. The van der Waals surface area contributed by atoms with Crippen LogP contribution in [0.15, 0.2) is 47.5 Å². The van der Waals surface area contributed by atoms with Crippen molar-refractivity contribution in [3.05, 3.63) is 64.3 Å². The van der Waals surface area contributed by atoms with Crippen LogP contribution in [-0.2, 0) is 22.7 Å². The van der Waals surface area contributed by atoms with E-state index < -0.39 is 10.7 Å². The smallest absolute Gasteiger partial charge is 0.302 e. The van der Waals surface area contributed by atoms with Crippen molar-refractivity contribution in [2.24, 2.45) is 0 Å². The summed E-state index contributed by atoms with van der Waals surface area (Å²) in [6.07, 6.45) is 2.98. The molecule has 32 heavy (non-hydrogen) atoms. The topological polar surface area (TPSA) is 95.1 Å². The third kappa shape index (κ3) is 4.56. The second-order valence-electron chi connectivity index (χ2n) is 7.83. The summed E-state index contributed by atoms with van der Waals surface area (Å²) >= 11 is 3.87. The molecule has 1 aromatic carbocycles. The molecule has 3 aromatic rings. The maximum atomic E-state index is 13.0. The summed E-state index contributed by atoms with van der Waals surface area (Å²) in [4.78, 5) is 44.1. The number of nitrogens with zero attached hydrogens (tertiary/aromatic N) is 4. The lowest BCUT2D eigenvalue weighted by atomic mass is 10.2. The third-order valence-electron chi connectivity index (χ3n) is 5.21. The van der Waals surface area contributed by atoms with Crippen LogP contribution in [0.25, 0.3) is 5.78 Å². The zero-order chi connectivity index (χ0) is 22.8. The Morgan fingerprint density at radius 1 is 1.16 bits per heavy atom. The van der Waals surface area contributed by atoms with Gasteiger partial charge in [0.2, 0.25) is 22.5 Å². The van der Waals surface area contributed by atoms with Crippen molar-refractivity contribution >= 4 is 29.4 Å². The maximum absolute atomic E-state index is 13.0. The summed E-state index contributed by atoms with van der Waals surface area (Å²) in [5, 5.41) is -0.692. The number of aromatic nitrogens is 3. The maximum Gasteiger partial charge on any atom is 0.302 e. The second kappa shape index (κ2) is 9.17. The fraction of sp³-hybridized carbons (Fsp3) is 0.364. The number of fused-ring (bicyclic) bond motifs is 1. The molecule has 4 rings (SSSR count). The summed E-state index contributed by atoms with van der Waals surface area (Å²) in [6.45, 7) is 4.91. The molecule has 1 aliphatic rings. The molecule has 168 valence electrons. The standard InChI is InChI=1S/C22H24N4O5S/c1-14-10-25(11-15(2)31-14)17(27)12-24-8-9-26-20(28)19(18(21(29)32)23-22(24)26)30-13-16-6-4-3-5-7-16/h3-9,14-15H,10-13H2,1-2H3,(H,29,32)/t14-,15-/m0/s1. The normalized spacial score (nSPS) is 18.7. The molecule has 0 saturated carbocycles. The van der Waals surface area contributed by atoms with Crippen molar-refractivity contribution in [2.75, 3.05) is 13.1 Å². The molecular formula is C22H24N4O5S. The predicted molar refractivity (Wildman–Crippen MR) is 120 cm³/mol. The molecule has 0 aliphatic carbocycles. The highest BCUT2D eigenvalue weighted by atomic mass is 32.1. The van der Waals surface area contributed by atoms with E-state index in [9.17, 15) is 14.4 Å². The van der Waals surface area contributed by atoms with Gasteiger partial charge in [-0.05, 0) is 19.4 Å². The first kappa shape index (κ1) is 22.1. The Balaban J connectivity index is 1.63. The molecule has 0 N–H and O–H groups in total. The molecule has 1 aliphatic heterocycles. The van der Waals surface area contributed by atoms with Crippen LogP contribution in [0.4, 0.5) is 0 Å². The fourth-order valence-electron chi connectivity index (χ4n) is 3.81. The molecule has 1 amide bonds. The second-order valence-corrected chi connectivity index (χ2v) is 8.23. The van der Waals surface area contributed by atoms with E-state index in [1.807, 2.05) is 44.2 Å². The highest BCUT2D eigenvalue weighted by Crippen LogP contribution is 2.18. The summed E-state index contributed by atoms with van der Waals surface area (Å²) in [5.41, 5.74) is 0.116. The molecule has 0 radical (unpaired) electrons. The number of carbonyl (C=O) groups is 2. The number of hydrogen-bond donors (Lipinski definition) is 1. The largest absolute Gasteiger partial charge is 0.481 e. The number of ether oxygens (including phenoxy) is 2. The van der Waals surface area contributed by atoms with Crippen LogP contribution in [0.2, 0.25) is 0 Å². The monoisotopic (exact) mass is 456 g/mol. The highest BCUT2D eigenvalue weighted by molar-refractivity contribution is 7.97. The van der Waals surface area contributed by atoms with E-state index in [-0.39, 0.29) is 48.5 Å². The Morgan fingerprint density at radius 2 is 1.84 bits per heavy atom. The summed E-state index contributed by atoms with van der Waals surface area (Å²) < 4.78 is 14.1. The van der Waals surface area contributed by atoms with E-state index in [0.717, 1.165) is 5.56 Å². The van der Waals surface area contributed by atoms with Crippen LogP contribution in [0.1, 0.15) is 29.9 Å². The molecule has 1 fully saturated rings. The molecule has 0 unspecified atom stereocenters. The van der Waals surface area contributed by atoms with Crippen molar-refractivity contribution in [1.82, 2.24) is 18.9 Å². The lowest BCUT2D eigenvalue weighted by Gasteiger charge is -2.35. The van der Waals surface area contributed by atoms with E-state index in [2.05, 4.69) is 17.6 Å². The van der Waals surface area contributed by atoms with Crippen LogP contribution in [0.5, 0.6) is 5.75 Å². The number of morpholine rings is 1. The van der Waals surface area contributed by atoms with Crippen molar-refractivity contribution in [3.63, 3.8) is 0 Å². The number of thiol groups is 1. The zero-order valence-corrected chi connectivity index (χ0v) is 18.7.